The third-order valence-electron chi connectivity index (χ3n) is 2.87. The minimum atomic E-state index is 0.0689. The number of morpholine rings is 1. The number of hydrogen-bond donors (Lipinski definition) is 0. The Balaban J connectivity index is 2.22. The molecule has 0 unspecified atom stereocenters. The van der Waals surface area contributed by atoms with Crippen LogP contribution >= 0.6 is 22.6 Å². The van der Waals surface area contributed by atoms with Crippen LogP contribution in [0.4, 0.5) is 0 Å². The molecule has 1 fully saturated rings. The van der Waals surface area contributed by atoms with Crippen molar-refractivity contribution in [3.8, 4) is 0 Å². The van der Waals surface area contributed by atoms with Crippen LogP contribution in [0.5, 0.6) is 0 Å². The number of ether oxygens (including phenoxy) is 1. The van der Waals surface area contributed by atoms with Gasteiger partial charge in [0, 0.05) is 22.5 Å². The van der Waals surface area contributed by atoms with Crippen molar-refractivity contribution in [2.75, 3.05) is 13.2 Å². The summed E-state index contributed by atoms with van der Waals surface area (Å²) >= 11 is 2.14. The van der Waals surface area contributed by atoms with Crippen LogP contribution in [0.2, 0.25) is 0 Å². The van der Waals surface area contributed by atoms with E-state index in [0.717, 1.165) is 9.13 Å². The molecule has 2 heterocycles. The van der Waals surface area contributed by atoms with Gasteiger partial charge in [0.15, 0.2) is 0 Å². The Bertz CT molecular complexity index is 425. The predicted octanol–water partition coefficient (Wildman–Crippen LogP) is 1.94. The van der Waals surface area contributed by atoms with Crippen molar-refractivity contribution in [2.24, 2.45) is 0 Å². The lowest BCUT2D eigenvalue weighted by atomic mass is 10.1. The normalized spacial score (nSPS) is 24.8. The van der Waals surface area contributed by atoms with Gasteiger partial charge in [-0.1, -0.05) is 0 Å². The van der Waals surface area contributed by atoms with Crippen molar-refractivity contribution in [1.82, 2.24) is 9.88 Å². The summed E-state index contributed by atoms with van der Waals surface area (Å²) in [5.74, 6) is 0.0689. The van der Waals surface area contributed by atoms with E-state index < -0.39 is 0 Å². The van der Waals surface area contributed by atoms with Crippen LogP contribution in [0.25, 0.3) is 0 Å². The summed E-state index contributed by atoms with van der Waals surface area (Å²) in [6.07, 6.45) is 3.47. The molecule has 5 heteroatoms. The summed E-state index contributed by atoms with van der Waals surface area (Å²) < 4.78 is 6.42. The van der Waals surface area contributed by atoms with Crippen molar-refractivity contribution in [2.45, 2.75) is 26.0 Å². The summed E-state index contributed by atoms with van der Waals surface area (Å²) in [5.41, 5.74) is 0.724. The molecule has 0 saturated carbocycles. The molecule has 0 radical (unpaired) electrons. The van der Waals surface area contributed by atoms with E-state index in [2.05, 4.69) is 27.6 Å². The van der Waals surface area contributed by atoms with Crippen LogP contribution in [0.15, 0.2) is 18.5 Å². The zero-order valence-corrected chi connectivity index (χ0v) is 12.0. The molecule has 0 aliphatic carbocycles. The number of rotatable bonds is 1. The van der Waals surface area contributed by atoms with E-state index in [1.54, 1.807) is 18.5 Å². The maximum Gasteiger partial charge on any atom is 0.255 e. The zero-order valence-electron chi connectivity index (χ0n) is 9.89. The van der Waals surface area contributed by atoms with E-state index in [-0.39, 0.29) is 18.1 Å². The average molecular weight is 346 g/mol. The van der Waals surface area contributed by atoms with E-state index in [4.69, 9.17) is 4.74 Å². The topological polar surface area (TPSA) is 42.4 Å². The van der Waals surface area contributed by atoms with Crippen molar-refractivity contribution < 1.29 is 9.53 Å². The first-order valence-corrected chi connectivity index (χ1v) is 6.69. The van der Waals surface area contributed by atoms with E-state index in [1.807, 2.05) is 18.7 Å². The minimum Gasteiger partial charge on any atom is -0.375 e. The van der Waals surface area contributed by atoms with E-state index in [1.165, 1.54) is 0 Å². The SMILES string of the molecule is C[C@@H]1CN(C(=O)c2ccncc2I)[C@H](C)CO1. The molecular formula is C12H15IN2O2. The molecule has 1 saturated heterocycles. The molecular weight excluding hydrogens is 331 g/mol. The Hall–Kier alpha value is -0.690. The molecule has 0 spiro atoms. The first kappa shape index (κ1) is 12.8. The zero-order chi connectivity index (χ0) is 12.4. The fraction of sp³-hybridized carbons (Fsp3) is 0.500. The first-order valence-electron chi connectivity index (χ1n) is 5.61. The highest BCUT2D eigenvalue weighted by molar-refractivity contribution is 14.1. The van der Waals surface area contributed by atoms with Crippen molar-refractivity contribution in [3.63, 3.8) is 0 Å². The van der Waals surface area contributed by atoms with E-state index >= 15 is 0 Å². The van der Waals surface area contributed by atoms with Crippen LogP contribution in [-0.4, -0.2) is 41.1 Å². The number of amides is 1. The molecule has 0 bridgehead atoms. The fourth-order valence-corrected chi connectivity index (χ4v) is 2.46. The Morgan fingerprint density at radius 3 is 3.06 bits per heavy atom. The second kappa shape index (κ2) is 5.30. The molecule has 17 heavy (non-hydrogen) atoms. The van der Waals surface area contributed by atoms with Gasteiger partial charge in [-0.25, -0.2) is 0 Å². The van der Waals surface area contributed by atoms with Gasteiger partial charge in [-0.05, 0) is 42.5 Å². The first-order chi connectivity index (χ1) is 8.09. The van der Waals surface area contributed by atoms with Crippen LogP contribution in [-0.2, 0) is 4.74 Å². The third-order valence-corrected chi connectivity index (χ3v) is 3.73. The Kier molecular flexibility index (Phi) is 3.98. The summed E-state index contributed by atoms with van der Waals surface area (Å²) in [5, 5.41) is 0. The van der Waals surface area contributed by atoms with Crippen LogP contribution in [0.3, 0.4) is 0 Å². The maximum absolute atomic E-state index is 12.4. The smallest absolute Gasteiger partial charge is 0.255 e. The van der Waals surface area contributed by atoms with Crippen molar-refractivity contribution >= 4 is 28.5 Å². The third kappa shape index (κ3) is 2.77. The average Bonchev–Trinajstić information content (AvgIpc) is 2.32. The van der Waals surface area contributed by atoms with Gasteiger partial charge < -0.3 is 9.64 Å². The number of carbonyl (C=O) groups excluding carboxylic acids is 1. The van der Waals surface area contributed by atoms with Gasteiger partial charge in [0.1, 0.15) is 0 Å². The molecule has 0 N–H and O–H groups in total. The molecule has 2 atom stereocenters. The van der Waals surface area contributed by atoms with Gasteiger partial charge in [0.25, 0.3) is 5.91 Å². The highest BCUT2D eigenvalue weighted by atomic mass is 127. The number of nitrogens with zero attached hydrogens (tertiary/aromatic N) is 2. The van der Waals surface area contributed by atoms with Gasteiger partial charge in [-0.3, -0.25) is 9.78 Å². The number of aromatic nitrogens is 1. The second-order valence-electron chi connectivity index (χ2n) is 4.31. The highest BCUT2D eigenvalue weighted by Crippen LogP contribution is 2.18. The summed E-state index contributed by atoms with van der Waals surface area (Å²) in [6, 6.07) is 1.90. The van der Waals surface area contributed by atoms with Gasteiger partial charge in [0.2, 0.25) is 0 Å². The number of carbonyl (C=O) groups is 1. The largest absolute Gasteiger partial charge is 0.375 e. The lowest BCUT2D eigenvalue weighted by Gasteiger charge is -2.37. The van der Waals surface area contributed by atoms with Crippen molar-refractivity contribution in [1.29, 1.82) is 0 Å². The molecule has 1 aromatic rings. The second-order valence-corrected chi connectivity index (χ2v) is 5.47. The summed E-state index contributed by atoms with van der Waals surface area (Å²) in [6.45, 7) is 5.26. The van der Waals surface area contributed by atoms with E-state index in [0.29, 0.717) is 13.2 Å². The molecule has 1 aromatic heterocycles. The maximum atomic E-state index is 12.4. The minimum absolute atomic E-state index is 0.0689. The van der Waals surface area contributed by atoms with Crippen LogP contribution < -0.4 is 0 Å². The lowest BCUT2D eigenvalue weighted by molar-refractivity contribution is -0.0387. The Morgan fingerprint density at radius 2 is 2.35 bits per heavy atom. The number of pyridine rings is 1. The standard InChI is InChI=1S/C12H15IN2O2/c1-8-7-17-9(2)6-15(8)12(16)10-3-4-14-5-11(10)13/h3-5,8-9H,6-7H2,1-2H3/t8-,9-/m1/s1. The molecule has 1 aliphatic heterocycles. The molecule has 1 amide bonds. The molecule has 1 aliphatic rings. The number of halogens is 1. The van der Waals surface area contributed by atoms with Gasteiger partial charge in [-0.15, -0.1) is 0 Å². The summed E-state index contributed by atoms with van der Waals surface area (Å²) in [7, 11) is 0. The molecule has 4 nitrogen and oxygen atoms in total. The molecule has 92 valence electrons. The van der Waals surface area contributed by atoms with Gasteiger partial charge in [0.05, 0.1) is 24.3 Å². The van der Waals surface area contributed by atoms with Crippen LogP contribution in [0.1, 0.15) is 24.2 Å². The van der Waals surface area contributed by atoms with Gasteiger partial charge in [-0.2, -0.15) is 0 Å². The Morgan fingerprint density at radius 1 is 1.59 bits per heavy atom. The molecule has 0 aromatic carbocycles. The molecule has 2 rings (SSSR count). The quantitative estimate of drug-likeness (QED) is 0.730. The lowest BCUT2D eigenvalue weighted by Crippen LogP contribution is -2.50. The fourth-order valence-electron chi connectivity index (χ4n) is 1.89. The van der Waals surface area contributed by atoms with E-state index in [9.17, 15) is 4.79 Å². The highest BCUT2D eigenvalue weighted by Gasteiger charge is 2.28. The van der Waals surface area contributed by atoms with Crippen molar-refractivity contribution in [3.05, 3.63) is 27.6 Å². The number of hydrogen-bond acceptors (Lipinski definition) is 3. The van der Waals surface area contributed by atoms with Gasteiger partial charge >= 0.3 is 0 Å². The monoisotopic (exact) mass is 346 g/mol. The summed E-state index contributed by atoms with van der Waals surface area (Å²) in [4.78, 5) is 18.3. The predicted molar refractivity (Wildman–Crippen MR) is 72.9 cm³/mol. The Labute approximate surface area is 114 Å². The van der Waals surface area contributed by atoms with Crippen LogP contribution in [0, 0.1) is 3.57 Å².